The average Bonchev–Trinajstić information content (AvgIpc) is 2.53. The van der Waals surface area contributed by atoms with Crippen LogP contribution in [-0.4, -0.2) is 9.78 Å². The summed E-state index contributed by atoms with van der Waals surface area (Å²) in [6, 6.07) is 5.30. The Bertz CT molecular complexity index is 422. The summed E-state index contributed by atoms with van der Waals surface area (Å²) in [6.45, 7) is 0. The van der Waals surface area contributed by atoms with Gasteiger partial charge in [-0.3, -0.25) is 4.68 Å². The number of nitrogens with zero attached hydrogens (tertiary/aromatic N) is 3. The van der Waals surface area contributed by atoms with Gasteiger partial charge < -0.3 is 5.21 Å². The van der Waals surface area contributed by atoms with Crippen molar-refractivity contribution in [2.45, 2.75) is 0 Å². The summed E-state index contributed by atoms with van der Waals surface area (Å²) in [7, 11) is 1.82. The maximum absolute atomic E-state index is 11.3. The molecule has 13 heavy (non-hydrogen) atoms. The number of aryl methyl sites for hydroxylation is 1. The topological polar surface area (TPSA) is 44.8 Å². The molecule has 66 valence electrons. The van der Waals surface area contributed by atoms with E-state index in [1.54, 1.807) is 23.0 Å². The van der Waals surface area contributed by atoms with Gasteiger partial charge in [0.25, 0.3) is 0 Å². The zero-order valence-corrected chi connectivity index (χ0v) is 7.21. The number of hydrogen-bond donors (Lipinski definition) is 0. The summed E-state index contributed by atoms with van der Waals surface area (Å²) in [6.07, 6.45) is 4.95. The van der Waals surface area contributed by atoms with Crippen LogP contribution in [-0.2, 0) is 7.05 Å². The number of hydrogen-bond acceptors (Lipinski definition) is 2. The molecule has 2 aromatic heterocycles. The summed E-state index contributed by atoms with van der Waals surface area (Å²) in [5.74, 6) is 0. The van der Waals surface area contributed by atoms with Gasteiger partial charge in [0.2, 0.25) is 5.69 Å². The van der Waals surface area contributed by atoms with Crippen LogP contribution in [0.2, 0.25) is 0 Å². The zero-order valence-electron chi connectivity index (χ0n) is 7.21. The third-order valence-electron chi connectivity index (χ3n) is 1.82. The van der Waals surface area contributed by atoms with Gasteiger partial charge in [0, 0.05) is 25.4 Å². The van der Waals surface area contributed by atoms with Crippen molar-refractivity contribution in [3.63, 3.8) is 0 Å². The molecule has 0 N–H and O–H groups in total. The Balaban J connectivity index is 2.52. The molecule has 0 bridgehead atoms. The van der Waals surface area contributed by atoms with Gasteiger partial charge in [0.15, 0.2) is 6.20 Å². The standard InChI is InChI=1S/C9H9N3O/c1-11-7-8(6-10-11)9-4-2-3-5-12(9)13/h2-7H,1H3. The lowest BCUT2D eigenvalue weighted by Gasteiger charge is -1.99. The van der Waals surface area contributed by atoms with Gasteiger partial charge in [-0.15, -0.1) is 0 Å². The lowest BCUT2D eigenvalue weighted by Crippen LogP contribution is -2.27. The minimum absolute atomic E-state index is 0.621. The lowest BCUT2D eigenvalue weighted by molar-refractivity contribution is -0.593. The highest BCUT2D eigenvalue weighted by Gasteiger charge is 2.08. The van der Waals surface area contributed by atoms with Crippen LogP contribution in [0.25, 0.3) is 11.3 Å². The molecule has 0 aliphatic heterocycles. The van der Waals surface area contributed by atoms with Crippen LogP contribution in [0.4, 0.5) is 0 Å². The Morgan fingerprint density at radius 1 is 1.46 bits per heavy atom. The fourth-order valence-electron chi connectivity index (χ4n) is 1.21. The van der Waals surface area contributed by atoms with E-state index in [-0.39, 0.29) is 0 Å². The zero-order chi connectivity index (χ0) is 9.26. The van der Waals surface area contributed by atoms with E-state index in [0.29, 0.717) is 5.69 Å². The van der Waals surface area contributed by atoms with Crippen molar-refractivity contribution in [2.75, 3.05) is 0 Å². The summed E-state index contributed by atoms with van der Waals surface area (Å²) >= 11 is 0. The Hall–Kier alpha value is -1.84. The monoisotopic (exact) mass is 175 g/mol. The Morgan fingerprint density at radius 3 is 2.92 bits per heavy atom. The van der Waals surface area contributed by atoms with E-state index < -0.39 is 0 Å². The van der Waals surface area contributed by atoms with Crippen molar-refractivity contribution in [2.24, 2.45) is 7.05 Å². The van der Waals surface area contributed by atoms with E-state index in [4.69, 9.17) is 0 Å². The number of rotatable bonds is 1. The molecule has 0 saturated heterocycles. The minimum Gasteiger partial charge on any atom is -0.618 e. The Labute approximate surface area is 75.6 Å². The molecular formula is C9H9N3O. The summed E-state index contributed by atoms with van der Waals surface area (Å²) in [4.78, 5) is 0. The van der Waals surface area contributed by atoms with E-state index in [1.165, 1.54) is 6.20 Å². The fourth-order valence-corrected chi connectivity index (χ4v) is 1.21. The van der Waals surface area contributed by atoms with Gasteiger partial charge in [0.05, 0.1) is 11.8 Å². The largest absolute Gasteiger partial charge is 0.618 e. The van der Waals surface area contributed by atoms with Crippen molar-refractivity contribution in [3.05, 3.63) is 42.0 Å². The highest BCUT2D eigenvalue weighted by molar-refractivity contribution is 5.53. The molecule has 0 aliphatic rings. The van der Waals surface area contributed by atoms with E-state index in [9.17, 15) is 5.21 Å². The molecule has 0 fully saturated rings. The predicted octanol–water partition coefficient (Wildman–Crippen LogP) is 0.720. The van der Waals surface area contributed by atoms with Crippen molar-refractivity contribution in [3.8, 4) is 11.3 Å². The van der Waals surface area contributed by atoms with E-state index in [1.807, 2.05) is 19.3 Å². The first kappa shape index (κ1) is 7.79. The van der Waals surface area contributed by atoms with Crippen LogP contribution in [0, 0.1) is 5.21 Å². The van der Waals surface area contributed by atoms with Crippen LogP contribution < -0.4 is 4.73 Å². The van der Waals surface area contributed by atoms with Gasteiger partial charge in [-0.2, -0.15) is 9.83 Å². The Kier molecular flexibility index (Phi) is 1.73. The molecule has 0 atom stereocenters. The van der Waals surface area contributed by atoms with Crippen molar-refractivity contribution < 1.29 is 4.73 Å². The van der Waals surface area contributed by atoms with Crippen molar-refractivity contribution >= 4 is 0 Å². The third-order valence-corrected chi connectivity index (χ3v) is 1.82. The maximum atomic E-state index is 11.3. The first-order valence-corrected chi connectivity index (χ1v) is 3.94. The van der Waals surface area contributed by atoms with Gasteiger partial charge in [-0.1, -0.05) is 0 Å². The molecule has 0 radical (unpaired) electrons. The Morgan fingerprint density at radius 2 is 2.31 bits per heavy atom. The first-order valence-electron chi connectivity index (χ1n) is 3.94. The van der Waals surface area contributed by atoms with Crippen molar-refractivity contribution in [1.82, 2.24) is 9.78 Å². The van der Waals surface area contributed by atoms with Gasteiger partial charge in [0.1, 0.15) is 0 Å². The molecule has 0 amide bonds. The van der Waals surface area contributed by atoms with Crippen LogP contribution in [0.1, 0.15) is 0 Å². The quantitative estimate of drug-likeness (QED) is 0.473. The highest BCUT2D eigenvalue weighted by Crippen LogP contribution is 2.12. The van der Waals surface area contributed by atoms with Gasteiger partial charge in [-0.25, -0.2) is 0 Å². The lowest BCUT2D eigenvalue weighted by atomic mass is 10.2. The second-order valence-electron chi connectivity index (χ2n) is 2.81. The van der Waals surface area contributed by atoms with Crippen LogP contribution in [0.5, 0.6) is 0 Å². The van der Waals surface area contributed by atoms with Gasteiger partial charge >= 0.3 is 0 Å². The molecule has 0 saturated carbocycles. The molecule has 4 heteroatoms. The fraction of sp³-hybridized carbons (Fsp3) is 0.111. The van der Waals surface area contributed by atoms with Crippen LogP contribution >= 0.6 is 0 Å². The predicted molar refractivity (Wildman–Crippen MR) is 47.6 cm³/mol. The molecule has 0 aromatic carbocycles. The summed E-state index contributed by atoms with van der Waals surface area (Å²) in [5.41, 5.74) is 1.45. The molecule has 2 aromatic rings. The summed E-state index contributed by atoms with van der Waals surface area (Å²) in [5, 5.41) is 15.3. The SMILES string of the molecule is Cn1cc(-c2cccc[n+]2[O-])cn1. The van der Waals surface area contributed by atoms with Gasteiger partial charge in [-0.05, 0) is 6.07 Å². The molecule has 0 unspecified atom stereocenters. The maximum Gasteiger partial charge on any atom is 0.226 e. The van der Waals surface area contributed by atoms with Crippen LogP contribution in [0.3, 0.4) is 0 Å². The van der Waals surface area contributed by atoms with E-state index in [0.717, 1.165) is 10.3 Å². The molecular weight excluding hydrogens is 166 g/mol. The van der Waals surface area contributed by atoms with E-state index >= 15 is 0 Å². The number of aromatic nitrogens is 3. The average molecular weight is 175 g/mol. The molecule has 2 heterocycles. The third kappa shape index (κ3) is 1.38. The summed E-state index contributed by atoms with van der Waals surface area (Å²) < 4.78 is 2.50. The normalized spacial score (nSPS) is 10.2. The second kappa shape index (κ2) is 2.90. The van der Waals surface area contributed by atoms with Crippen LogP contribution in [0.15, 0.2) is 36.8 Å². The molecule has 2 rings (SSSR count). The molecule has 4 nitrogen and oxygen atoms in total. The first-order chi connectivity index (χ1) is 6.27. The number of pyridine rings is 1. The molecule has 0 aliphatic carbocycles. The van der Waals surface area contributed by atoms with E-state index in [2.05, 4.69) is 5.10 Å². The van der Waals surface area contributed by atoms with Crippen molar-refractivity contribution in [1.29, 1.82) is 0 Å². The second-order valence-corrected chi connectivity index (χ2v) is 2.81. The molecule has 0 spiro atoms. The smallest absolute Gasteiger partial charge is 0.226 e. The highest BCUT2D eigenvalue weighted by atomic mass is 16.5. The minimum atomic E-state index is 0.621.